The van der Waals surface area contributed by atoms with E-state index in [0.717, 1.165) is 5.56 Å². The number of aliphatic hydroxyl groups is 1. The molecule has 21 heavy (non-hydrogen) atoms. The van der Waals surface area contributed by atoms with Gasteiger partial charge in [-0.2, -0.15) is 0 Å². The van der Waals surface area contributed by atoms with Gasteiger partial charge >= 0.3 is 5.69 Å². The number of nitro benzene ring substituents is 1. The van der Waals surface area contributed by atoms with E-state index in [-0.39, 0.29) is 11.4 Å². The Balaban J connectivity index is 2.37. The predicted molar refractivity (Wildman–Crippen MR) is 77.5 cm³/mol. The molecule has 6 heteroatoms. The van der Waals surface area contributed by atoms with Crippen LogP contribution < -0.4 is 4.74 Å². The molecule has 0 bridgehead atoms. The number of hydrogen-bond donors (Lipinski definition) is 1. The maximum atomic E-state index is 11.1. The molecule has 1 N–H and O–H groups in total. The summed E-state index contributed by atoms with van der Waals surface area (Å²) in [7, 11) is 0. The predicted octanol–water partition coefficient (Wildman–Crippen LogP) is 3.45. The number of nitro groups is 1. The lowest BCUT2D eigenvalue weighted by Crippen LogP contribution is -1.98. The molecule has 1 atom stereocenters. The van der Waals surface area contributed by atoms with E-state index in [9.17, 15) is 15.2 Å². The second kappa shape index (κ2) is 5.88. The van der Waals surface area contributed by atoms with Gasteiger partial charge in [-0.25, -0.2) is 0 Å². The Morgan fingerprint density at radius 3 is 2.57 bits per heavy atom. The van der Waals surface area contributed by atoms with Crippen molar-refractivity contribution in [1.82, 2.24) is 4.98 Å². The fourth-order valence-electron chi connectivity index (χ4n) is 2.02. The minimum absolute atomic E-state index is 0.0768. The number of aromatic nitrogens is 1. The second-order valence-corrected chi connectivity index (χ2v) is 4.88. The summed E-state index contributed by atoms with van der Waals surface area (Å²) >= 11 is 0. The molecule has 0 amide bonds. The number of hydrogen-bond acceptors (Lipinski definition) is 5. The maximum Gasteiger partial charge on any atom is 0.312 e. The number of rotatable bonds is 4. The molecule has 0 fully saturated rings. The third-order valence-electron chi connectivity index (χ3n) is 3.00. The Hall–Kier alpha value is -2.47. The maximum absolute atomic E-state index is 11.1. The smallest absolute Gasteiger partial charge is 0.312 e. The van der Waals surface area contributed by atoms with E-state index < -0.39 is 11.0 Å². The zero-order valence-corrected chi connectivity index (χ0v) is 12.0. The van der Waals surface area contributed by atoms with Crippen molar-refractivity contribution in [3.8, 4) is 11.5 Å². The Bertz CT molecular complexity index is 666. The number of ether oxygens (including phenoxy) is 1. The van der Waals surface area contributed by atoms with E-state index >= 15 is 0 Å². The molecule has 6 nitrogen and oxygen atoms in total. The van der Waals surface area contributed by atoms with Gasteiger partial charge in [-0.15, -0.1) is 0 Å². The number of pyridine rings is 1. The van der Waals surface area contributed by atoms with Crippen molar-refractivity contribution >= 4 is 5.69 Å². The lowest BCUT2D eigenvalue weighted by molar-refractivity contribution is -0.385. The first-order valence-corrected chi connectivity index (χ1v) is 6.46. The minimum Gasteiger partial charge on any atom is -0.448 e. The quantitative estimate of drug-likeness (QED) is 0.688. The van der Waals surface area contributed by atoms with Crippen LogP contribution in [-0.4, -0.2) is 15.0 Å². The van der Waals surface area contributed by atoms with Crippen molar-refractivity contribution in [1.29, 1.82) is 0 Å². The first-order valence-electron chi connectivity index (χ1n) is 6.46. The van der Waals surface area contributed by atoms with Crippen molar-refractivity contribution in [2.45, 2.75) is 26.9 Å². The molecule has 1 aromatic heterocycles. The molecule has 1 aromatic carbocycles. The van der Waals surface area contributed by atoms with E-state index in [2.05, 4.69) is 4.98 Å². The van der Waals surface area contributed by atoms with Crippen LogP contribution in [0.4, 0.5) is 5.69 Å². The molecular formula is C15H16N2O4. The summed E-state index contributed by atoms with van der Waals surface area (Å²) in [6.45, 7) is 5.16. The Morgan fingerprint density at radius 1 is 1.33 bits per heavy atom. The van der Waals surface area contributed by atoms with E-state index in [1.165, 1.54) is 12.3 Å². The molecule has 0 aliphatic heterocycles. The molecule has 110 valence electrons. The van der Waals surface area contributed by atoms with Crippen LogP contribution in [0.3, 0.4) is 0 Å². The highest BCUT2D eigenvalue weighted by molar-refractivity contribution is 5.55. The minimum atomic E-state index is -0.672. The molecule has 0 radical (unpaired) electrons. The molecule has 0 saturated carbocycles. The monoisotopic (exact) mass is 288 g/mol. The normalized spacial score (nSPS) is 12.0. The van der Waals surface area contributed by atoms with Crippen molar-refractivity contribution in [2.24, 2.45) is 0 Å². The van der Waals surface area contributed by atoms with Crippen molar-refractivity contribution in [3.05, 3.63) is 57.4 Å². The largest absolute Gasteiger partial charge is 0.448 e. The van der Waals surface area contributed by atoms with Gasteiger partial charge in [0.1, 0.15) is 5.75 Å². The summed E-state index contributed by atoms with van der Waals surface area (Å²) in [5, 5.41) is 20.5. The average molecular weight is 288 g/mol. The summed E-state index contributed by atoms with van der Waals surface area (Å²) < 4.78 is 5.61. The van der Waals surface area contributed by atoms with Gasteiger partial charge in [0.05, 0.1) is 22.9 Å². The number of benzene rings is 1. The fourth-order valence-corrected chi connectivity index (χ4v) is 2.02. The standard InChI is InChI=1S/C15H16N2O4/c1-9-6-10(2)15(14(7-9)17(19)20)21-12-4-5-13(11(3)18)16-8-12/h4-8,11,18H,1-3H3/t11-/m0/s1. The van der Waals surface area contributed by atoms with Gasteiger partial charge < -0.3 is 9.84 Å². The highest BCUT2D eigenvalue weighted by Crippen LogP contribution is 2.35. The first-order chi connectivity index (χ1) is 9.88. The SMILES string of the molecule is Cc1cc(C)c(Oc2ccc([C@H](C)O)nc2)c([N+](=O)[O-])c1. The van der Waals surface area contributed by atoms with Crippen LogP contribution in [0.15, 0.2) is 30.5 Å². The highest BCUT2D eigenvalue weighted by Gasteiger charge is 2.19. The Kier molecular flexibility index (Phi) is 4.18. The molecule has 0 spiro atoms. The van der Waals surface area contributed by atoms with Gasteiger partial charge in [0.15, 0.2) is 0 Å². The molecular weight excluding hydrogens is 272 g/mol. The van der Waals surface area contributed by atoms with Crippen LogP contribution in [-0.2, 0) is 0 Å². The number of aliphatic hydroxyl groups excluding tert-OH is 1. The molecule has 1 heterocycles. The van der Waals surface area contributed by atoms with Gasteiger partial charge in [-0.3, -0.25) is 15.1 Å². The summed E-state index contributed by atoms with van der Waals surface area (Å²) in [5.74, 6) is 0.589. The van der Waals surface area contributed by atoms with E-state index in [0.29, 0.717) is 17.0 Å². The van der Waals surface area contributed by atoms with Gasteiger partial charge in [0.25, 0.3) is 0 Å². The lowest BCUT2D eigenvalue weighted by Gasteiger charge is -2.10. The second-order valence-electron chi connectivity index (χ2n) is 4.88. The number of nitrogens with zero attached hydrogens (tertiary/aromatic N) is 2. The summed E-state index contributed by atoms with van der Waals surface area (Å²) in [4.78, 5) is 14.7. The third-order valence-corrected chi connectivity index (χ3v) is 3.00. The third kappa shape index (κ3) is 3.35. The highest BCUT2D eigenvalue weighted by atomic mass is 16.6. The molecule has 2 aromatic rings. The van der Waals surface area contributed by atoms with Gasteiger partial charge in [-0.05, 0) is 44.0 Å². The van der Waals surface area contributed by atoms with Crippen LogP contribution in [0, 0.1) is 24.0 Å². The molecule has 0 unspecified atom stereocenters. The van der Waals surface area contributed by atoms with E-state index in [1.54, 1.807) is 32.9 Å². The molecule has 0 saturated heterocycles. The zero-order valence-electron chi connectivity index (χ0n) is 12.0. The van der Waals surface area contributed by atoms with Crippen LogP contribution in [0.1, 0.15) is 29.8 Å². The van der Waals surface area contributed by atoms with E-state index in [1.807, 2.05) is 6.07 Å². The summed E-state index contributed by atoms with van der Waals surface area (Å²) in [5.41, 5.74) is 1.92. The zero-order chi connectivity index (χ0) is 15.6. The van der Waals surface area contributed by atoms with Crippen LogP contribution in [0.2, 0.25) is 0 Å². The van der Waals surface area contributed by atoms with E-state index in [4.69, 9.17) is 4.74 Å². The Labute approximate surface area is 122 Å². The topological polar surface area (TPSA) is 85.5 Å². The van der Waals surface area contributed by atoms with Gasteiger partial charge in [0.2, 0.25) is 5.75 Å². The molecule has 0 aliphatic carbocycles. The van der Waals surface area contributed by atoms with Crippen LogP contribution >= 0.6 is 0 Å². The lowest BCUT2D eigenvalue weighted by atomic mass is 10.1. The average Bonchev–Trinajstić information content (AvgIpc) is 2.41. The summed E-state index contributed by atoms with van der Waals surface area (Å²) in [6.07, 6.45) is 0.764. The van der Waals surface area contributed by atoms with Crippen LogP contribution in [0.25, 0.3) is 0 Å². The molecule has 0 aliphatic rings. The van der Waals surface area contributed by atoms with Crippen molar-refractivity contribution < 1.29 is 14.8 Å². The van der Waals surface area contributed by atoms with Gasteiger partial charge in [0, 0.05) is 6.07 Å². The van der Waals surface area contributed by atoms with Crippen LogP contribution in [0.5, 0.6) is 11.5 Å². The summed E-state index contributed by atoms with van der Waals surface area (Å²) in [6, 6.07) is 6.54. The van der Waals surface area contributed by atoms with Crippen molar-refractivity contribution in [2.75, 3.05) is 0 Å². The molecule has 2 rings (SSSR count). The first kappa shape index (κ1) is 14.9. The number of aryl methyl sites for hydroxylation is 2. The van der Waals surface area contributed by atoms with Gasteiger partial charge in [-0.1, -0.05) is 6.07 Å². The fraction of sp³-hybridized carbons (Fsp3) is 0.267. The van der Waals surface area contributed by atoms with Crippen molar-refractivity contribution in [3.63, 3.8) is 0 Å². The Morgan fingerprint density at radius 2 is 2.05 bits per heavy atom.